The fraction of sp³-hybridized carbons (Fsp3) is 0.400. The van der Waals surface area contributed by atoms with Crippen LogP contribution < -0.4 is 5.32 Å². The van der Waals surface area contributed by atoms with Crippen LogP contribution >= 0.6 is 0 Å². The van der Waals surface area contributed by atoms with Crippen molar-refractivity contribution < 1.29 is 9.90 Å². The van der Waals surface area contributed by atoms with Gasteiger partial charge in [-0.2, -0.15) is 0 Å². The smallest absolute Gasteiger partial charge is 0.246 e. The van der Waals surface area contributed by atoms with Crippen LogP contribution in [0.15, 0.2) is 24.4 Å². The van der Waals surface area contributed by atoms with E-state index in [9.17, 15) is 9.90 Å². The second kappa shape index (κ2) is 5.65. The molecule has 1 aromatic heterocycles. The van der Waals surface area contributed by atoms with E-state index < -0.39 is 5.60 Å². The first kappa shape index (κ1) is 15.2. The number of carbonyl (C=O) groups excluding carboxylic acids is 1. The fourth-order valence-electron chi connectivity index (χ4n) is 1.82. The first-order valence-corrected chi connectivity index (χ1v) is 6.76. The molecule has 0 atom stereocenters. The van der Waals surface area contributed by atoms with Crippen LogP contribution in [0.1, 0.15) is 30.7 Å². The fourth-order valence-corrected chi connectivity index (χ4v) is 1.82. The van der Waals surface area contributed by atoms with Crippen LogP contribution in [0, 0.1) is 13.8 Å². The lowest BCUT2D eigenvalue weighted by Crippen LogP contribution is -2.19. The van der Waals surface area contributed by atoms with Crippen molar-refractivity contribution in [1.29, 1.82) is 0 Å². The van der Waals surface area contributed by atoms with E-state index in [1.54, 1.807) is 20.0 Å². The summed E-state index contributed by atoms with van der Waals surface area (Å²) in [4.78, 5) is 12.0. The summed E-state index contributed by atoms with van der Waals surface area (Å²) in [7, 11) is 0. The van der Waals surface area contributed by atoms with Gasteiger partial charge in [-0.15, -0.1) is 5.10 Å². The molecule has 0 aliphatic rings. The van der Waals surface area contributed by atoms with Gasteiger partial charge in [-0.05, 0) is 51.0 Å². The summed E-state index contributed by atoms with van der Waals surface area (Å²) in [5.74, 6) is -0.189. The van der Waals surface area contributed by atoms with Gasteiger partial charge < -0.3 is 10.4 Å². The van der Waals surface area contributed by atoms with Gasteiger partial charge in [-0.1, -0.05) is 11.3 Å². The molecule has 0 fully saturated rings. The Morgan fingerprint density at radius 2 is 2.05 bits per heavy atom. The second-order valence-corrected chi connectivity index (χ2v) is 5.71. The van der Waals surface area contributed by atoms with Crippen LogP contribution in [0.2, 0.25) is 0 Å². The molecule has 1 heterocycles. The monoisotopic (exact) mass is 288 g/mol. The number of amides is 1. The molecule has 112 valence electrons. The summed E-state index contributed by atoms with van der Waals surface area (Å²) in [6, 6.07) is 5.76. The van der Waals surface area contributed by atoms with Gasteiger partial charge in [0.25, 0.3) is 0 Å². The molecule has 0 saturated heterocycles. The van der Waals surface area contributed by atoms with E-state index in [-0.39, 0.29) is 12.5 Å². The van der Waals surface area contributed by atoms with Gasteiger partial charge in [-0.3, -0.25) is 4.79 Å². The zero-order chi connectivity index (χ0) is 15.6. The highest BCUT2D eigenvalue weighted by Gasteiger charge is 2.20. The number of carbonyl (C=O) groups is 1. The highest BCUT2D eigenvalue weighted by atomic mass is 16.3. The van der Waals surface area contributed by atoms with Crippen molar-refractivity contribution in [2.45, 2.75) is 39.8 Å². The van der Waals surface area contributed by atoms with Crippen molar-refractivity contribution in [3.63, 3.8) is 0 Å². The molecule has 1 aromatic carbocycles. The number of rotatable bonds is 4. The van der Waals surface area contributed by atoms with E-state index in [2.05, 4.69) is 15.6 Å². The Morgan fingerprint density at radius 1 is 1.33 bits per heavy atom. The average Bonchev–Trinajstić information content (AvgIpc) is 2.82. The SMILES string of the molecule is Cc1ccc(NC(=O)Cn2cc(C(C)(C)O)nn2)cc1C. The van der Waals surface area contributed by atoms with Gasteiger partial charge in [0.2, 0.25) is 5.91 Å². The van der Waals surface area contributed by atoms with E-state index >= 15 is 0 Å². The van der Waals surface area contributed by atoms with Crippen molar-refractivity contribution in [2.24, 2.45) is 0 Å². The summed E-state index contributed by atoms with van der Waals surface area (Å²) in [5, 5.41) is 20.3. The minimum atomic E-state index is -1.07. The third-order valence-corrected chi connectivity index (χ3v) is 3.26. The Balaban J connectivity index is 2.01. The van der Waals surface area contributed by atoms with E-state index in [1.165, 1.54) is 10.2 Å². The summed E-state index contributed by atoms with van der Waals surface area (Å²) in [6.45, 7) is 7.32. The van der Waals surface area contributed by atoms with Gasteiger partial charge in [0.1, 0.15) is 17.8 Å². The molecule has 0 spiro atoms. The van der Waals surface area contributed by atoms with Crippen LogP contribution in [-0.2, 0) is 16.9 Å². The Morgan fingerprint density at radius 3 is 2.62 bits per heavy atom. The molecule has 2 aromatic rings. The third kappa shape index (κ3) is 3.88. The first-order valence-electron chi connectivity index (χ1n) is 6.76. The zero-order valence-electron chi connectivity index (χ0n) is 12.7. The molecule has 0 unspecified atom stereocenters. The van der Waals surface area contributed by atoms with Gasteiger partial charge in [0, 0.05) is 5.69 Å². The number of aryl methyl sites for hydroxylation is 2. The molecule has 1 amide bonds. The number of benzene rings is 1. The molecule has 0 bridgehead atoms. The van der Waals surface area contributed by atoms with Gasteiger partial charge in [0.15, 0.2) is 0 Å². The lowest BCUT2D eigenvalue weighted by Gasteiger charge is -2.11. The quantitative estimate of drug-likeness (QED) is 0.898. The van der Waals surface area contributed by atoms with Crippen molar-refractivity contribution in [3.8, 4) is 0 Å². The lowest BCUT2D eigenvalue weighted by molar-refractivity contribution is -0.116. The largest absolute Gasteiger partial charge is 0.384 e. The Hall–Kier alpha value is -2.21. The number of aromatic nitrogens is 3. The molecule has 2 rings (SSSR count). The number of hydrogen-bond acceptors (Lipinski definition) is 4. The first-order chi connectivity index (χ1) is 9.75. The summed E-state index contributed by atoms with van der Waals surface area (Å²) in [6.07, 6.45) is 1.57. The van der Waals surface area contributed by atoms with E-state index in [1.807, 2.05) is 32.0 Å². The minimum absolute atomic E-state index is 0.0516. The predicted octanol–water partition coefficient (Wildman–Crippen LogP) is 1.76. The number of nitrogens with one attached hydrogen (secondary N) is 1. The molecule has 2 N–H and O–H groups in total. The highest BCUT2D eigenvalue weighted by molar-refractivity contribution is 5.90. The Bertz CT molecular complexity index is 656. The molecule has 6 nitrogen and oxygen atoms in total. The maximum Gasteiger partial charge on any atom is 0.246 e. The van der Waals surface area contributed by atoms with Crippen LogP contribution in [0.5, 0.6) is 0 Å². The van der Waals surface area contributed by atoms with Gasteiger partial charge in [-0.25, -0.2) is 4.68 Å². The molecule has 0 aliphatic heterocycles. The molecule has 0 radical (unpaired) electrons. The molecular formula is C15H20N4O2. The molecule has 6 heteroatoms. The van der Waals surface area contributed by atoms with Crippen molar-refractivity contribution in [1.82, 2.24) is 15.0 Å². The van der Waals surface area contributed by atoms with Crippen LogP contribution in [-0.4, -0.2) is 26.0 Å². The molecule has 0 saturated carbocycles. The summed E-state index contributed by atoms with van der Waals surface area (Å²) >= 11 is 0. The third-order valence-electron chi connectivity index (χ3n) is 3.26. The number of anilines is 1. The topological polar surface area (TPSA) is 80.0 Å². The minimum Gasteiger partial charge on any atom is -0.384 e. The van der Waals surface area contributed by atoms with E-state index in [4.69, 9.17) is 0 Å². The predicted molar refractivity (Wildman–Crippen MR) is 79.8 cm³/mol. The average molecular weight is 288 g/mol. The van der Waals surface area contributed by atoms with Crippen molar-refractivity contribution in [2.75, 3.05) is 5.32 Å². The highest BCUT2D eigenvalue weighted by Crippen LogP contribution is 2.16. The Labute approximate surface area is 123 Å². The standard InChI is InChI=1S/C15H20N4O2/c1-10-5-6-12(7-11(10)2)16-14(20)9-19-8-13(17-18-19)15(3,4)21/h5-8,21H,9H2,1-4H3,(H,16,20). The molecule has 0 aliphatic carbocycles. The maximum atomic E-state index is 12.0. The number of aliphatic hydroxyl groups is 1. The van der Waals surface area contributed by atoms with Crippen LogP contribution in [0.25, 0.3) is 0 Å². The van der Waals surface area contributed by atoms with E-state index in [0.717, 1.165) is 11.3 Å². The van der Waals surface area contributed by atoms with Crippen LogP contribution in [0.3, 0.4) is 0 Å². The van der Waals surface area contributed by atoms with Gasteiger partial charge >= 0.3 is 0 Å². The summed E-state index contributed by atoms with van der Waals surface area (Å²) in [5.41, 5.74) is 2.42. The van der Waals surface area contributed by atoms with Crippen molar-refractivity contribution in [3.05, 3.63) is 41.2 Å². The van der Waals surface area contributed by atoms with Gasteiger partial charge in [0.05, 0.1) is 6.20 Å². The van der Waals surface area contributed by atoms with E-state index in [0.29, 0.717) is 5.69 Å². The number of hydrogen-bond donors (Lipinski definition) is 2. The van der Waals surface area contributed by atoms with Crippen LogP contribution in [0.4, 0.5) is 5.69 Å². The second-order valence-electron chi connectivity index (χ2n) is 5.71. The maximum absolute atomic E-state index is 12.0. The lowest BCUT2D eigenvalue weighted by atomic mass is 10.1. The van der Waals surface area contributed by atoms with Crippen molar-refractivity contribution >= 4 is 11.6 Å². The Kier molecular flexibility index (Phi) is 4.09. The number of nitrogens with zero attached hydrogens (tertiary/aromatic N) is 3. The zero-order valence-corrected chi connectivity index (χ0v) is 12.7. The summed E-state index contributed by atoms with van der Waals surface area (Å²) < 4.78 is 1.41. The molecular weight excluding hydrogens is 268 g/mol. The molecule has 21 heavy (non-hydrogen) atoms. The normalized spacial score (nSPS) is 11.5.